The van der Waals surface area contributed by atoms with Crippen LogP contribution in [0.5, 0.6) is 0 Å². The Morgan fingerprint density at radius 2 is 1.97 bits per heavy atom. The summed E-state index contributed by atoms with van der Waals surface area (Å²) < 4.78 is 5.95. The molecular weight excluding hydrogens is 382 g/mol. The fourth-order valence-electron chi connectivity index (χ4n) is 4.50. The molecule has 1 aromatic heterocycles. The van der Waals surface area contributed by atoms with Crippen molar-refractivity contribution < 1.29 is 9.53 Å². The zero-order valence-corrected chi connectivity index (χ0v) is 17.2. The molecule has 0 bridgehead atoms. The van der Waals surface area contributed by atoms with Crippen LogP contribution in [-0.4, -0.2) is 46.1 Å². The highest BCUT2D eigenvalue weighted by Gasteiger charge is 2.37. The Morgan fingerprint density at radius 1 is 1.14 bits per heavy atom. The van der Waals surface area contributed by atoms with Gasteiger partial charge in [-0.1, -0.05) is 54.9 Å². The first-order valence-corrected chi connectivity index (χ1v) is 11.4. The minimum atomic E-state index is 0.144. The van der Waals surface area contributed by atoms with E-state index >= 15 is 0 Å². The van der Waals surface area contributed by atoms with E-state index in [2.05, 4.69) is 20.9 Å². The Kier molecular flexibility index (Phi) is 5.29. The Labute approximate surface area is 174 Å². The van der Waals surface area contributed by atoms with Gasteiger partial charge >= 0.3 is 0 Å². The molecule has 150 valence electrons. The van der Waals surface area contributed by atoms with Gasteiger partial charge in [0, 0.05) is 17.9 Å². The van der Waals surface area contributed by atoms with E-state index in [0.29, 0.717) is 18.9 Å². The molecule has 1 N–H and O–H groups in total. The van der Waals surface area contributed by atoms with Gasteiger partial charge in [-0.3, -0.25) is 4.79 Å². The van der Waals surface area contributed by atoms with Crippen LogP contribution >= 0.6 is 11.8 Å². The summed E-state index contributed by atoms with van der Waals surface area (Å²) in [5.74, 6) is 0.853. The summed E-state index contributed by atoms with van der Waals surface area (Å²) in [6, 6.07) is 16.2. The number of nitrogens with one attached hydrogen (secondary N) is 1. The van der Waals surface area contributed by atoms with Gasteiger partial charge < -0.3 is 14.6 Å². The number of rotatable bonds is 4. The quantitative estimate of drug-likeness (QED) is 0.640. The highest BCUT2D eigenvalue weighted by molar-refractivity contribution is 7.98. The molecule has 6 heteroatoms. The molecule has 0 spiro atoms. The van der Waals surface area contributed by atoms with Crippen molar-refractivity contribution in [1.29, 1.82) is 0 Å². The average Bonchev–Trinajstić information content (AvgIpc) is 3.20. The Bertz CT molecular complexity index is 983. The predicted octanol–water partition coefficient (Wildman–Crippen LogP) is 4.64. The normalized spacial score (nSPS) is 21.9. The van der Waals surface area contributed by atoms with Gasteiger partial charge in [0.05, 0.1) is 29.8 Å². The molecule has 2 heterocycles. The lowest BCUT2D eigenvalue weighted by Gasteiger charge is -2.44. The maximum Gasteiger partial charge on any atom is 0.254 e. The maximum atomic E-state index is 13.5. The molecule has 3 aromatic rings. The van der Waals surface area contributed by atoms with Gasteiger partial charge in [-0.25, -0.2) is 4.98 Å². The minimum absolute atomic E-state index is 0.144. The smallest absolute Gasteiger partial charge is 0.254 e. The van der Waals surface area contributed by atoms with Gasteiger partial charge in [0.1, 0.15) is 0 Å². The van der Waals surface area contributed by atoms with Crippen LogP contribution < -0.4 is 0 Å². The number of para-hydroxylation sites is 2. The van der Waals surface area contributed by atoms with E-state index in [1.54, 1.807) is 11.8 Å². The van der Waals surface area contributed by atoms with Crippen LogP contribution in [0, 0.1) is 0 Å². The number of carbonyl (C=O) groups excluding carboxylic acids is 1. The molecule has 1 aliphatic heterocycles. The van der Waals surface area contributed by atoms with Crippen LogP contribution in [0.15, 0.2) is 53.7 Å². The van der Waals surface area contributed by atoms with Crippen molar-refractivity contribution in [2.24, 2.45) is 0 Å². The van der Waals surface area contributed by atoms with Crippen molar-refractivity contribution in [3.63, 3.8) is 0 Å². The molecule has 29 heavy (non-hydrogen) atoms. The van der Waals surface area contributed by atoms with Crippen LogP contribution in [0.3, 0.4) is 0 Å². The number of ether oxygens (including phenoxy) is 1. The number of carbonyl (C=O) groups is 1. The van der Waals surface area contributed by atoms with Crippen LogP contribution in [0.1, 0.15) is 41.6 Å². The van der Waals surface area contributed by atoms with E-state index in [1.165, 1.54) is 12.8 Å². The molecule has 0 radical (unpaired) electrons. The van der Waals surface area contributed by atoms with Crippen molar-refractivity contribution in [2.75, 3.05) is 13.2 Å². The largest absolute Gasteiger partial charge is 0.374 e. The van der Waals surface area contributed by atoms with Crippen molar-refractivity contribution >= 4 is 28.7 Å². The Morgan fingerprint density at radius 3 is 2.90 bits per heavy atom. The summed E-state index contributed by atoms with van der Waals surface area (Å²) >= 11 is 1.64. The number of H-pyrrole nitrogens is 1. The number of hydrogen-bond acceptors (Lipinski definition) is 4. The zero-order valence-electron chi connectivity index (χ0n) is 16.3. The fourth-order valence-corrected chi connectivity index (χ4v) is 5.39. The van der Waals surface area contributed by atoms with Gasteiger partial charge in [0.2, 0.25) is 0 Å². The van der Waals surface area contributed by atoms with Crippen molar-refractivity contribution in [2.45, 2.75) is 48.7 Å². The molecule has 2 fully saturated rings. The van der Waals surface area contributed by atoms with Gasteiger partial charge in [0.25, 0.3) is 5.91 Å². The average molecular weight is 408 g/mol. The van der Waals surface area contributed by atoms with E-state index in [9.17, 15) is 4.79 Å². The highest BCUT2D eigenvalue weighted by atomic mass is 32.2. The summed E-state index contributed by atoms with van der Waals surface area (Å²) in [5.41, 5.74) is 3.87. The number of hydrogen-bond donors (Lipinski definition) is 1. The van der Waals surface area contributed by atoms with Crippen molar-refractivity contribution in [1.82, 2.24) is 14.9 Å². The van der Waals surface area contributed by atoms with E-state index in [0.717, 1.165) is 40.2 Å². The lowest BCUT2D eigenvalue weighted by Crippen LogP contribution is -2.54. The zero-order chi connectivity index (χ0) is 19.6. The van der Waals surface area contributed by atoms with Crippen LogP contribution in [0.25, 0.3) is 11.0 Å². The number of thioether (sulfide) groups is 1. The molecule has 1 aliphatic carbocycles. The molecular formula is C23H25N3O2S. The summed E-state index contributed by atoms with van der Waals surface area (Å²) in [6.07, 6.45) is 4.70. The second-order valence-corrected chi connectivity index (χ2v) is 8.73. The third-order valence-electron chi connectivity index (χ3n) is 5.97. The third-order valence-corrected chi connectivity index (χ3v) is 6.89. The molecule has 1 saturated heterocycles. The topological polar surface area (TPSA) is 58.2 Å². The van der Waals surface area contributed by atoms with E-state index < -0.39 is 0 Å². The van der Waals surface area contributed by atoms with Gasteiger partial charge in [0.15, 0.2) is 5.16 Å². The number of morpholine rings is 1. The number of benzene rings is 2. The number of fused-ring (bicyclic) bond motifs is 2. The highest BCUT2D eigenvalue weighted by Crippen LogP contribution is 2.31. The van der Waals surface area contributed by atoms with Crippen LogP contribution in [0.4, 0.5) is 0 Å². The number of aromatic nitrogens is 2. The first-order chi connectivity index (χ1) is 14.3. The number of aromatic amines is 1. The lowest BCUT2D eigenvalue weighted by molar-refractivity contribution is -0.0753. The number of imidazole rings is 1. The standard InChI is InChI=1S/C23H25N3O2S/c27-22(26-13-14-28-21-12-6-5-11-20(21)26)17-8-2-1-7-16(17)15-29-23-24-18-9-3-4-10-19(18)25-23/h1-4,7-10,20-21H,5-6,11-15H2,(H,24,25). The predicted molar refractivity (Wildman–Crippen MR) is 115 cm³/mol. The van der Waals surface area contributed by atoms with Gasteiger partial charge in [-0.05, 0) is 36.6 Å². The molecule has 2 aliphatic rings. The fraction of sp³-hybridized carbons (Fsp3) is 0.391. The summed E-state index contributed by atoms with van der Waals surface area (Å²) in [4.78, 5) is 23.5. The van der Waals surface area contributed by atoms with E-state index in [4.69, 9.17) is 4.74 Å². The summed E-state index contributed by atoms with van der Waals surface area (Å²) in [5, 5.41) is 0.882. The van der Waals surface area contributed by atoms with Crippen LogP contribution in [-0.2, 0) is 10.5 Å². The molecule has 2 aromatic carbocycles. The molecule has 1 amide bonds. The second-order valence-electron chi connectivity index (χ2n) is 7.76. The minimum Gasteiger partial charge on any atom is -0.374 e. The molecule has 5 rings (SSSR count). The monoisotopic (exact) mass is 407 g/mol. The SMILES string of the molecule is O=C(c1ccccc1CSc1nc2ccccc2[nH]1)N1CCOC2CCCCC21. The second kappa shape index (κ2) is 8.20. The summed E-state index contributed by atoms with van der Waals surface area (Å²) in [7, 11) is 0. The summed E-state index contributed by atoms with van der Waals surface area (Å²) in [6.45, 7) is 1.33. The Balaban J connectivity index is 1.35. The van der Waals surface area contributed by atoms with Gasteiger partial charge in [-0.15, -0.1) is 0 Å². The molecule has 1 saturated carbocycles. The van der Waals surface area contributed by atoms with Crippen LogP contribution in [0.2, 0.25) is 0 Å². The maximum absolute atomic E-state index is 13.5. The number of amides is 1. The van der Waals surface area contributed by atoms with E-state index in [1.807, 2.05) is 42.5 Å². The lowest BCUT2D eigenvalue weighted by atomic mass is 9.89. The van der Waals surface area contributed by atoms with Gasteiger partial charge in [-0.2, -0.15) is 0 Å². The molecule has 5 nitrogen and oxygen atoms in total. The molecule has 2 atom stereocenters. The van der Waals surface area contributed by atoms with Crippen molar-refractivity contribution in [3.8, 4) is 0 Å². The number of nitrogens with zero attached hydrogens (tertiary/aromatic N) is 2. The van der Waals surface area contributed by atoms with Crippen molar-refractivity contribution in [3.05, 3.63) is 59.7 Å². The first kappa shape index (κ1) is 18.7. The van der Waals surface area contributed by atoms with E-state index in [-0.39, 0.29) is 18.1 Å². The molecule has 2 unspecified atom stereocenters. The first-order valence-electron chi connectivity index (χ1n) is 10.4. The Hall–Kier alpha value is -2.31. The third kappa shape index (κ3) is 3.79.